The van der Waals surface area contributed by atoms with Crippen LogP contribution in [-0.4, -0.2) is 21.5 Å². The van der Waals surface area contributed by atoms with Crippen LogP contribution in [0.1, 0.15) is 50.5 Å². The number of aromatic nitrogens is 2. The molecule has 0 radical (unpaired) electrons. The zero-order chi connectivity index (χ0) is 18.7. The molecule has 2 aromatic heterocycles. The zero-order valence-electron chi connectivity index (χ0n) is 14.6. The SMILES string of the molecule is CC(C)c1nc2sc(C=C3C(=O)c4cc5ccccc5cc4C3=O)nc2s1. The number of carbonyl (C=O) groups is 2. The number of nitrogens with zero attached hydrogens (tertiary/aromatic N) is 2. The van der Waals surface area contributed by atoms with E-state index in [1.165, 1.54) is 11.3 Å². The van der Waals surface area contributed by atoms with Gasteiger partial charge in [0.15, 0.2) is 21.2 Å². The highest BCUT2D eigenvalue weighted by Gasteiger charge is 2.33. The van der Waals surface area contributed by atoms with Crippen LogP contribution in [0.15, 0.2) is 42.0 Å². The van der Waals surface area contributed by atoms with Crippen molar-refractivity contribution >= 4 is 60.7 Å². The first-order valence-corrected chi connectivity index (χ1v) is 10.3. The Labute approximate surface area is 163 Å². The Bertz CT molecular complexity index is 1210. The van der Waals surface area contributed by atoms with Gasteiger partial charge >= 0.3 is 0 Å². The summed E-state index contributed by atoms with van der Waals surface area (Å²) in [5.41, 5.74) is 1.14. The number of rotatable bonds is 2. The topological polar surface area (TPSA) is 59.9 Å². The molecule has 27 heavy (non-hydrogen) atoms. The van der Waals surface area contributed by atoms with E-state index in [1.54, 1.807) is 17.4 Å². The number of Topliss-reactive ketones (excluding diaryl/α,β-unsaturated/α-hetero) is 2. The zero-order valence-corrected chi connectivity index (χ0v) is 16.3. The third-order valence-corrected chi connectivity index (χ3v) is 6.91. The second kappa shape index (κ2) is 5.90. The van der Waals surface area contributed by atoms with Crippen LogP contribution in [0.2, 0.25) is 0 Å². The van der Waals surface area contributed by atoms with Crippen molar-refractivity contribution in [3.05, 3.63) is 63.1 Å². The molecule has 0 atom stereocenters. The molecule has 2 heterocycles. The highest BCUT2D eigenvalue weighted by Crippen LogP contribution is 2.34. The first kappa shape index (κ1) is 16.5. The second-order valence-corrected chi connectivity index (χ2v) is 8.85. The summed E-state index contributed by atoms with van der Waals surface area (Å²) in [4.78, 5) is 36.5. The minimum absolute atomic E-state index is 0.186. The Kier molecular flexibility index (Phi) is 3.60. The fourth-order valence-electron chi connectivity index (χ4n) is 3.25. The number of thiazole rings is 2. The first-order valence-electron chi connectivity index (χ1n) is 8.62. The van der Waals surface area contributed by atoms with E-state index in [9.17, 15) is 9.59 Å². The molecule has 0 N–H and O–H groups in total. The van der Waals surface area contributed by atoms with E-state index in [1.807, 2.05) is 36.4 Å². The average Bonchev–Trinajstić information content (AvgIpc) is 3.28. The molecule has 2 aromatic carbocycles. The van der Waals surface area contributed by atoms with Crippen LogP contribution < -0.4 is 0 Å². The monoisotopic (exact) mass is 390 g/mol. The quantitative estimate of drug-likeness (QED) is 0.335. The van der Waals surface area contributed by atoms with E-state index in [0.717, 1.165) is 25.4 Å². The van der Waals surface area contributed by atoms with Crippen molar-refractivity contribution in [3.63, 3.8) is 0 Å². The molecule has 132 valence electrons. The molecule has 0 fully saturated rings. The molecule has 0 bridgehead atoms. The maximum atomic E-state index is 12.8. The summed E-state index contributed by atoms with van der Waals surface area (Å²) in [5.74, 6) is -0.0925. The molecule has 4 nitrogen and oxygen atoms in total. The van der Waals surface area contributed by atoms with E-state index >= 15 is 0 Å². The van der Waals surface area contributed by atoms with Gasteiger partial charge in [-0.25, -0.2) is 9.97 Å². The number of hydrogen-bond donors (Lipinski definition) is 0. The second-order valence-electron chi connectivity index (χ2n) is 6.83. The molecule has 5 rings (SSSR count). The van der Waals surface area contributed by atoms with Gasteiger partial charge in [-0.15, -0.1) is 0 Å². The number of hydrogen-bond acceptors (Lipinski definition) is 6. The van der Waals surface area contributed by atoms with Crippen molar-refractivity contribution in [2.75, 3.05) is 0 Å². The molecular formula is C21H14N2O2S2. The lowest BCUT2D eigenvalue weighted by Gasteiger charge is -2.00. The van der Waals surface area contributed by atoms with Gasteiger partial charge in [-0.05, 0) is 29.0 Å². The van der Waals surface area contributed by atoms with Crippen LogP contribution in [0.3, 0.4) is 0 Å². The Hall–Kier alpha value is -2.70. The van der Waals surface area contributed by atoms with Gasteiger partial charge in [-0.3, -0.25) is 9.59 Å². The van der Waals surface area contributed by atoms with Crippen molar-refractivity contribution in [3.8, 4) is 0 Å². The van der Waals surface area contributed by atoms with Crippen molar-refractivity contribution in [1.29, 1.82) is 0 Å². The lowest BCUT2D eigenvalue weighted by molar-refractivity contribution is 0.0990. The molecule has 0 saturated heterocycles. The number of allylic oxidation sites excluding steroid dienone is 1. The van der Waals surface area contributed by atoms with Crippen LogP contribution in [0, 0.1) is 0 Å². The summed E-state index contributed by atoms with van der Waals surface area (Å²) < 4.78 is 0. The smallest absolute Gasteiger partial charge is 0.197 e. The third kappa shape index (κ3) is 2.56. The number of ketones is 2. The Morgan fingerprint density at radius 3 is 2.04 bits per heavy atom. The van der Waals surface area contributed by atoms with Crippen LogP contribution in [-0.2, 0) is 0 Å². The van der Waals surface area contributed by atoms with Crippen LogP contribution in [0.5, 0.6) is 0 Å². The van der Waals surface area contributed by atoms with Gasteiger partial charge < -0.3 is 0 Å². The van der Waals surface area contributed by atoms with E-state index in [2.05, 4.69) is 23.8 Å². The molecule has 1 aliphatic carbocycles. The van der Waals surface area contributed by atoms with Gasteiger partial charge in [0.2, 0.25) is 0 Å². The highest BCUT2D eigenvalue weighted by atomic mass is 32.1. The van der Waals surface area contributed by atoms with Crippen LogP contribution in [0.4, 0.5) is 0 Å². The van der Waals surface area contributed by atoms with Crippen molar-refractivity contribution < 1.29 is 9.59 Å². The molecule has 4 aromatic rings. The summed E-state index contributed by atoms with van der Waals surface area (Å²) >= 11 is 2.98. The molecular weight excluding hydrogens is 376 g/mol. The summed E-state index contributed by atoms with van der Waals surface area (Å²) in [7, 11) is 0. The van der Waals surface area contributed by atoms with Crippen LogP contribution in [0.25, 0.3) is 26.5 Å². The largest absolute Gasteiger partial charge is 0.288 e. The molecule has 6 heteroatoms. The van der Waals surface area contributed by atoms with E-state index in [4.69, 9.17) is 0 Å². The fourth-order valence-corrected chi connectivity index (χ4v) is 5.25. The van der Waals surface area contributed by atoms with Crippen molar-refractivity contribution in [2.45, 2.75) is 19.8 Å². The van der Waals surface area contributed by atoms with E-state index in [-0.39, 0.29) is 17.1 Å². The lowest BCUT2D eigenvalue weighted by atomic mass is 10.0. The van der Waals surface area contributed by atoms with Gasteiger partial charge in [-0.2, -0.15) is 0 Å². The van der Waals surface area contributed by atoms with Gasteiger partial charge in [-0.1, -0.05) is 60.8 Å². The molecule has 0 amide bonds. The molecule has 0 unspecified atom stereocenters. The first-order chi connectivity index (χ1) is 13.0. The predicted octanol–water partition coefficient (Wildman–Crippen LogP) is 5.49. The number of benzene rings is 2. The van der Waals surface area contributed by atoms with Crippen molar-refractivity contribution in [2.24, 2.45) is 0 Å². The molecule has 1 aliphatic rings. The van der Waals surface area contributed by atoms with E-state index < -0.39 is 0 Å². The van der Waals surface area contributed by atoms with Gasteiger partial charge in [0.25, 0.3) is 0 Å². The normalized spacial score (nSPS) is 14.0. The Balaban J connectivity index is 1.58. The highest BCUT2D eigenvalue weighted by molar-refractivity contribution is 7.26. The molecule has 0 aliphatic heterocycles. The standard InChI is InChI=1S/C21H14N2O2S2/c1-10(2)19-23-21-20(27-19)22-16(26-21)9-15-17(24)13-7-11-5-3-4-6-12(11)8-14(13)18(15)25/h3-10H,1-2H3. The van der Waals surface area contributed by atoms with E-state index in [0.29, 0.717) is 22.1 Å². The van der Waals surface area contributed by atoms with Gasteiger partial charge in [0.05, 0.1) is 10.6 Å². The summed E-state index contributed by atoms with van der Waals surface area (Å²) in [6, 6.07) is 11.4. The lowest BCUT2D eigenvalue weighted by Crippen LogP contribution is -2.00. The average molecular weight is 390 g/mol. The summed E-state index contributed by atoms with van der Waals surface area (Å²) in [6.07, 6.45) is 1.61. The van der Waals surface area contributed by atoms with Crippen molar-refractivity contribution in [1.82, 2.24) is 9.97 Å². The van der Waals surface area contributed by atoms with Gasteiger partial charge in [0.1, 0.15) is 5.01 Å². The molecule has 0 spiro atoms. The number of fused-ring (bicyclic) bond motifs is 3. The molecule has 0 saturated carbocycles. The predicted molar refractivity (Wildman–Crippen MR) is 110 cm³/mol. The van der Waals surface area contributed by atoms with Gasteiger partial charge in [0, 0.05) is 17.0 Å². The Morgan fingerprint density at radius 2 is 1.48 bits per heavy atom. The summed E-state index contributed by atoms with van der Waals surface area (Å²) in [5, 5.41) is 3.61. The maximum Gasteiger partial charge on any atom is 0.197 e. The summed E-state index contributed by atoms with van der Waals surface area (Å²) in [6.45, 7) is 4.20. The number of carbonyl (C=O) groups excluding carboxylic acids is 2. The minimum atomic E-state index is -0.227. The minimum Gasteiger partial charge on any atom is -0.288 e. The Morgan fingerprint density at radius 1 is 0.889 bits per heavy atom. The maximum absolute atomic E-state index is 12.8. The van der Waals surface area contributed by atoms with Crippen LogP contribution >= 0.6 is 22.7 Å². The third-order valence-electron chi connectivity index (χ3n) is 4.63. The fraction of sp³-hybridized carbons (Fsp3) is 0.143.